The first kappa shape index (κ1) is 13.9. The molecule has 0 unspecified atom stereocenters. The van der Waals surface area contributed by atoms with Crippen molar-refractivity contribution < 1.29 is 17.9 Å². The number of benzene rings is 1. The molecule has 102 valence electrons. The van der Waals surface area contributed by atoms with Crippen molar-refractivity contribution in [3.63, 3.8) is 0 Å². The van der Waals surface area contributed by atoms with Crippen LogP contribution in [0.25, 0.3) is 5.69 Å². The maximum atomic E-state index is 12.6. The number of rotatable bonds is 3. The van der Waals surface area contributed by atoms with Gasteiger partial charge in [0.2, 0.25) is 0 Å². The number of halogens is 4. The van der Waals surface area contributed by atoms with Crippen molar-refractivity contribution in [2.45, 2.75) is 12.8 Å². The summed E-state index contributed by atoms with van der Waals surface area (Å²) in [6, 6.07) is 6.36. The Morgan fingerprint density at radius 1 is 1.32 bits per heavy atom. The Morgan fingerprint density at radius 3 is 2.68 bits per heavy atom. The Labute approximate surface area is 112 Å². The number of nitrogens with zero attached hydrogens (tertiary/aromatic N) is 2. The number of hydrogen-bond acceptors (Lipinski definition) is 2. The van der Waals surface area contributed by atoms with Crippen LogP contribution in [0.15, 0.2) is 30.3 Å². The molecule has 2 rings (SSSR count). The summed E-state index contributed by atoms with van der Waals surface area (Å²) in [6.45, 7) is 0.242. The maximum absolute atomic E-state index is 12.6. The highest BCUT2D eigenvalue weighted by atomic mass is 35.5. The van der Waals surface area contributed by atoms with E-state index >= 15 is 0 Å². The van der Waals surface area contributed by atoms with Gasteiger partial charge in [0.05, 0.1) is 23.6 Å². The monoisotopic (exact) mass is 290 g/mol. The second-order valence-electron chi connectivity index (χ2n) is 3.85. The van der Waals surface area contributed by atoms with Crippen molar-refractivity contribution in [3.8, 4) is 5.69 Å². The van der Waals surface area contributed by atoms with Gasteiger partial charge < -0.3 is 4.74 Å². The fraction of sp³-hybridized carbons (Fsp3) is 0.250. The third-order valence-corrected chi connectivity index (χ3v) is 2.70. The first-order valence-corrected chi connectivity index (χ1v) is 5.70. The van der Waals surface area contributed by atoms with E-state index in [1.165, 1.54) is 23.9 Å². The SMILES string of the molecule is COCc1cc(Cl)n(-c2cccc(C(F)(F)F)c2)n1. The average molecular weight is 291 g/mol. The summed E-state index contributed by atoms with van der Waals surface area (Å²) in [4.78, 5) is 0. The molecule has 0 aliphatic heterocycles. The van der Waals surface area contributed by atoms with Crippen LogP contribution in [0, 0.1) is 0 Å². The van der Waals surface area contributed by atoms with Gasteiger partial charge in [0.25, 0.3) is 0 Å². The van der Waals surface area contributed by atoms with Crippen LogP contribution in [-0.4, -0.2) is 16.9 Å². The summed E-state index contributed by atoms with van der Waals surface area (Å²) in [5, 5.41) is 4.31. The number of aromatic nitrogens is 2. The lowest BCUT2D eigenvalue weighted by Crippen LogP contribution is -2.06. The Hall–Kier alpha value is -1.53. The van der Waals surface area contributed by atoms with Crippen LogP contribution in [0.3, 0.4) is 0 Å². The van der Waals surface area contributed by atoms with Gasteiger partial charge >= 0.3 is 6.18 Å². The lowest BCUT2D eigenvalue weighted by Gasteiger charge is -2.09. The average Bonchev–Trinajstić information content (AvgIpc) is 2.70. The molecule has 0 bridgehead atoms. The second-order valence-corrected chi connectivity index (χ2v) is 4.24. The normalized spacial score (nSPS) is 11.8. The van der Waals surface area contributed by atoms with Gasteiger partial charge in [0, 0.05) is 13.2 Å². The summed E-state index contributed by atoms with van der Waals surface area (Å²) in [5.41, 5.74) is 0.0527. The number of hydrogen-bond donors (Lipinski definition) is 0. The van der Waals surface area contributed by atoms with Crippen LogP contribution in [0.5, 0.6) is 0 Å². The molecule has 1 heterocycles. The van der Waals surface area contributed by atoms with E-state index < -0.39 is 11.7 Å². The summed E-state index contributed by atoms with van der Waals surface area (Å²) in [5.74, 6) is 0. The van der Waals surface area contributed by atoms with Crippen molar-refractivity contribution in [3.05, 3.63) is 46.7 Å². The van der Waals surface area contributed by atoms with Crippen LogP contribution < -0.4 is 0 Å². The van der Waals surface area contributed by atoms with Crippen molar-refractivity contribution in [1.29, 1.82) is 0 Å². The molecule has 7 heteroatoms. The van der Waals surface area contributed by atoms with Gasteiger partial charge in [-0.05, 0) is 18.2 Å². The van der Waals surface area contributed by atoms with Crippen LogP contribution in [0.4, 0.5) is 13.2 Å². The first-order valence-electron chi connectivity index (χ1n) is 5.33. The quantitative estimate of drug-likeness (QED) is 0.862. The molecule has 0 fully saturated rings. The number of ether oxygens (including phenoxy) is 1. The Morgan fingerprint density at radius 2 is 2.05 bits per heavy atom. The highest BCUT2D eigenvalue weighted by molar-refractivity contribution is 6.29. The molecule has 3 nitrogen and oxygen atoms in total. The number of alkyl halides is 3. The maximum Gasteiger partial charge on any atom is 0.416 e. The molecule has 0 amide bonds. The summed E-state index contributed by atoms with van der Waals surface area (Å²) in [7, 11) is 1.50. The van der Waals surface area contributed by atoms with Crippen molar-refractivity contribution in [2.75, 3.05) is 7.11 Å². The predicted octanol–water partition coefficient (Wildman–Crippen LogP) is 3.69. The van der Waals surface area contributed by atoms with Crippen LogP contribution in [0.2, 0.25) is 5.15 Å². The summed E-state index contributed by atoms with van der Waals surface area (Å²) in [6.07, 6.45) is -4.40. The number of methoxy groups -OCH3 is 1. The van der Waals surface area contributed by atoms with E-state index in [1.807, 2.05) is 0 Å². The van der Waals surface area contributed by atoms with E-state index in [0.29, 0.717) is 5.69 Å². The highest BCUT2D eigenvalue weighted by Crippen LogP contribution is 2.30. The molecule has 0 aliphatic rings. The molecule has 0 aliphatic carbocycles. The standard InChI is InChI=1S/C12H10ClF3N2O/c1-19-7-9-6-11(13)18(17-9)10-4-2-3-8(5-10)12(14,15)16/h2-6H,7H2,1H3. The van der Waals surface area contributed by atoms with Crippen LogP contribution >= 0.6 is 11.6 Å². The largest absolute Gasteiger partial charge is 0.416 e. The van der Waals surface area contributed by atoms with Gasteiger partial charge in [0.1, 0.15) is 5.15 Å². The van der Waals surface area contributed by atoms with Gasteiger partial charge in [0.15, 0.2) is 0 Å². The molecule has 0 atom stereocenters. The lowest BCUT2D eigenvalue weighted by atomic mass is 10.2. The van der Waals surface area contributed by atoms with E-state index in [4.69, 9.17) is 16.3 Å². The zero-order valence-electron chi connectivity index (χ0n) is 9.91. The van der Waals surface area contributed by atoms with Crippen LogP contribution in [-0.2, 0) is 17.5 Å². The topological polar surface area (TPSA) is 27.1 Å². The summed E-state index contributed by atoms with van der Waals surface area (Å²) < 4.78 is 44.0. The Balaban J connectivity index is 2.42. The molecule has 0 N–H and O–H groups in total. The van der Waals surface area contributed by atoms with Gasteiger partial charge in [-0.25, -0.2) is 4.68 Å². The zero-order valence-corrected chi connectivity index (χ0v) is 10.7. The third-order valence-electron chi connectivity index (χ3n) is 2.43. The minimum absolute atomic E-state index is 0.228. The minimum Gasteiger partial charge on any atom is -0.378 e. The van der Waals surface area contributed by atoms with E-state index in [0.717, 1.165) is 12.1 Å². The van der Waals surface area contributed by atoms with Crippen LogP contribution in [0.1, 0.15) is 11.3 Å². The first-order chi connectivity index (χ1) is 8.91. The molecule has 1 aromatic heterocycles. The highest BCUT2D eigenvalue weighted by Gasteiger charge is 2.30. The molecule has 1 aromatic carbocycles. The molecule has 0 radical (unpaired) electrons. The van der Waals surface area contributed by atoms with E-state index in [1.54, 1.807) is 6.07 Å². The second kappa shape index (κ2) is 5.22. The van der Waals surface area contributed by atoms with E-state index in [-0.39, 0.29) is 17.4 Å². The van der Waals surface area contributed by atoms with Gasteiger partial charge in [-0.2, -0.15) is 18.3 Å². The minimum atomic E-state index is -4.40. The molecular formula is C12H10ClF3N2O. The van der Waals surface area contributed by atoms with Crippen molar-refractivity contribution in [2.24, 2.45) is 0 Å². The Kier molecular flexibility index (Phi) is 3.82. The van der Waals surface area contributed by atoms with Crippen molar-refractivity contribution >= 4 is 11.6 Å². The van der Waals surface area contributed by atoms with Gasteiger partial charge in [-0.1, -0.05) is 17.7 Å². The third kappa shape index (κ3) is 3.08. The fourth-order valence-electron chi connectivity index (χ4n) is 1.62. The Bertz CT molecular complexity index is 581. The van der Waals surface area contributed by atoms with Gasteiger partial charge in [-0.3, -0.25) is 0 Å². The van der Waals surface area contributed by atoms with Crippen molar-refractivity contribution in [1.82, 2.24) is 9.78 Å². The van der Waals surface area contributed by atoms with E-state index in [2.05, 4.69) is 5.10 Å². The van der Waals surface area contributed by atoms with Gasteiger partial charge in [-0.15, -0.1) is 0 Å². The summed E-state index contributed by atoms with van der Waals surface area (Å²) >= 11 is 5.95. The molecular weight excluding hydrogens is 281 g/mol. The van der Waals surface area contributed by atoms with E-state index in [9.17, 15) is 13.2 Å². The zero-order chi connectivity index (χ0) is 14.0. The molecule has 0 saturated heterocycles. The molecule has 19 heavy (non-hydrogen) atoms. The predicted molar refractivity (Wildman–Crippen MR) is 64.3 cm³/mol. The fourth-order valence-corrected chi connectivity index (χ4v) is 1.88. The molecule has 0 spiro atoms. The smallest absolute Gasteiger partial charge is 0.378 e. The lowest BCUT2D eigenvalue weighted by molar-refractivity contribution is -0.137. The molecule has 2 aromatic rings. The molecule has 0 saturated carbocycles.